The Morgan fingerprint density at radius 1 is 0.938 bits per heavy atom. The smallest absolute Gasteiger partial charge is 0.156 e. The maximum absolute atomic E-state index is 13.9. The Bertz CT molecular complexity index is 541. The van der Waals surface area contributed by atoms with Gasteiger partial charge in [-0.25, -0.2) is 4.39 Å². The number of nitrogens with two attached hydrogens (primary N) is 2. The molecule has 2 aromatic carbocycles. The third-order valence-electron chi connectivity index (χ3n) is 2.35. The molecule has 4 heteroatoms. The van der Waals surface area contributed by atoms with E-state index in [1.807, 2.05) is 0 Å². The van der Waals surface area contributed by atoms with Crippen LogP contribution in [-0.4, -0.2) is 0 Å². The summed E-state index contributed by atoms with van der Waals surface area (Å²) in [5.41, 5.74) is 12.4. The van der Waals surface area contributed by atoms with E-state index in [9.17, 15) is 4.39 Å². The molecule has 0 aromatic heterocycles. The minimum atomic E-state index is -0.534. The van der Waals surface area contributed by atoms with E-state index < -0.39 is 5.82 Å². The summed E-state index contributed by atoms with van der Waals surface area (Å²) in [5, 5.41) is 0.443. The molecule has 16 heavy (non-hydrogen) atoms. The lowest BCUT2D eigenvalue weighted by molar-refractivity contribution is 0.636. The normalized spacial score (nSPS) is 10.4. The van der Waals surface area contributed by atoms with Crippen molar-refractivity contribution in [3.05, 3.63) is 47.2 Å². The highest BCUT2D eigenvalue weighted by Gasteiger charge is 2.14. The maximum atomic E-state index is 13.9. The van der Waals surface area contributed by atoms with Gasteiger partial charge in [0.2, 0.25) is 0 Å². The van der Waals surface area contributed by atoms with Gasteiger partial charge in [-0.1, -0.05) is 29.8 Å². The first-order chi connectivity index (χ1) is 7.61. The lowest BCUT2D eigenvalue weighted by Crippen LogP contribution is -1.98. The molecule has 0 unspecified atom stereocenters. The molecule has 2 rings (SSSR count). The van der Waals surface area contributed by atoms with Crippen molar-refractivity contribution in [1.82, 2.24) is 0 Å². The fourth-order valence-corrected chi connectivity index (χ4v) is 1.78. The van der Waals surface area contributed by atoms with Gasteiger partial charge in [0.1, 0.15) is 0 Å². The van der Waals surface area contributed by atoms with E-state index in [-0.39, 0.29) is 11.3 Å². The Kier molecular flexibility index (Phi) is 2.71. The monoisotopic (exact) mass is 236 g/mol. The van der Waals surface area contributed by atoms with Gasteiger partial charge in [-0.2, -0.15) is 0 Å². The topological polar surface area (TPSA) is 52.0 Å². The fraction of sp³-hybridized carbons (Fsp3) is 0. The van der Waals surface area contributed by atoms with Crippen molar-refractivity contribution in [2.45, 2.75) is 0 Å². The Balaban J connectivity index is 2.74. The van der Waals surface area contributed by atoms with Gasteiger partial charge < -0.3 is 11.5 Å². The summed E-state index contributed by atoms with van der Waals surface area (Å²) in [7, 11) is 0. The van der Waals surface area contributed by atoms with Crippen LogP contribution in [0.4, 0.5) is 15.8 Å². The third-order valence-corrected chi connectivity index (χ3v) is 2.68. The first-order valence-electron chi connectivity index (χ1n) is 4.69. The molecule has 0 saturated carbocycles. The molecule has 0 saturated heterocycles. The summed E-state index contributed by atoms with van der Waals surface area (Å²) in [6.45, 7) is 0. The Morgan fingerprint density at radius 3 is 2.25 bits per heavy atom. The summed E-state index contributed by atoms with van der Waals surface area (Å²) in [5.74, 6) is -0.534. The van der Waals surface area contributed by atoms with Crippen LogP contribution < -0.4 is 11.5 Å². The van der Waals surface area contributed by atoms with E-state index >= 15 is 0 Å². The molecule has 2 nitrogen and oxygen atoms in total. The third kappa shape index (κ3) is 1.70. The standard InChI is InChI=1S/C12H10ClFN2/c13-8-4-2-1-3-7(8)11-9(15)5-6-10(16)12(11)14/h1-6H,15-16H2. The van der Waals surface area contributed by atoms with Crippen LogP contribution in [0.1, 0.15) is 0 Å². The van der Waals surface area contributed by atoms with E-state index in [4.69, 9.17) is 23.1 Å². The van der Waals surface area contributed by atoms with E-state index in [0.717, 1.165) is 0 Å². The summed E-state index contributed by atoms with van der Waals surface area (Å²) >= 11 is 5.99. The minimum absolute atomic E-state index is 0.0594. The molecule has 0 heterocycles. The zero-order chi connectivity index (χ0) is 11.7. The number of hydrogen-bond donors (Lipinski definition) is 2. The SMILES string of the molecule is Nc1ccc(N)c(-c2ccccc2Cl)c1F. The van der Waals surface area contributed by atoms with Gasteiger partial charge in [0.15, 0.2) is 5.82 Å². The first kappa shape index (κ1) is 10.8. The zero-order valence-electron chi connectivity index (χ0n) is 8.37. The van der Waals surface area contributed by atoms with Gasteiger partial charge in [0.25, 0.3) is 0 Å². The van der Waals surface area contributed by atoms with Crippen LogP contribution in [0, 0.1) is 5.82 Å². The number of rotatable bonds is 1. The van der Waals surface area contributed by atoms with Crippen LogP contribution in [0.3, 0.4) is 0 Å². The predicted octanol–water partition coefficient (Wildman–Crippen LogP) is 3.31. The van der Waals surface area contributed by atoms with E-state index in [1.54, 1.807) is 30.3 Å². The van der Waals surface area contributed by atoms with Crippen molar-refractivity contribution < 1.29 is 4.39 Å². The van der Waals surface area contributed by atoms with Crippen LogP contribution >= 0.6 is 11.6 Å². The lowest BCUT2D eigenvalue weighted by atomic mass is 10.0. The Morgan fingerprint density at radius 2 is 1.56 bits per heavy atom. The summed E-state index contributed by atoms with van der Waals surface area (Å²) in [6.07, 6.45) is 0. The zero-order valence-corrected chi connectivity index (χ0v) is 9.13. The second-order valence-electron chi connectivity index (χ2n) is 3.41. The van der Waals surface area contributed by atoms with Gasteiger partial charge in [-0.15, -0.1) is 0 Å². The highest BCUT2D eigenvalue weighted by molar-refractivity contribution is 6.33. The van der Waals surface area contributed by atoms with Crippen molar-refractivity contribution >= 4 is 23.0 Å². The van der Waals surface area contributed by atoms with E-state index in [1.165, 1.54) is 6.07 Å². The summed E-state index contributed by atoms with van der Waals surface area (Å²) < 4.78 is 13.9. The van der Waals surface area contributed by atoms with Gasteiger partial charge in [0, 0.05) is 21.8 Å². The maximum Gasteiger partial charge on any atom is 0.156 e. The molecule has 0 aliphatic rings. The lowest BCUT2D eigenvalue weighted by Gasteiger charge is -2.10. The second-order valence-corrected chi connectivity index (χ2v) is 3.82. The fourth-order valence-electron chi connectivity index (χ4n) is 1.54. The number of halogens is 2. The van der Waals surface area contributed by atoms with Gasteiger partial charge in [-0.3, -0.25) is 0 Å². The Labute approximate surface area is 97.6 Å². The molecule has 82 valence electrons. The van der Waals surface area contributed by atoms with Gasteiger partial charge >= 0.3 is 0 Å². The van der Waals surface area contributed by atoms with Crippen LogP contribution in [0.15, 0.2) is 36.4 Å². The molecular weight excluding hydrogens is 227 g/mol. The van der Waals surface area contributed by atoms with Crippen molar-refractivity contribution in [2.75, 3.05) is 11.5 Å². The second kappa shape index (κ2) is 4.02. The number of anilines is 2. The van der Waals surface area contributed by atoms with Crippen LogP contribution in [0.25, 0.3) is 11.1 Å². The molecule has 0 bridgehead atoms. The molecule has 0 amide bonds. The van der Waals surface area contributed by atoms with Crippen LogP contribution in [0.5, 0.6) is 0 Å². The van der Waals surface area contributed by atoms with Gasteiger partial charge in [-0.05, 0) is 18.2 Å². The molecule has 0 fully saturated rings. The Hall–Kier alpha value is -1.74. The number of nitrogen functional groups attached to an aromatic ring is 2. The van der Waals surface area contributed by atoms with E-state index in [2.05, 4.69) is 0 Å². The van der Waals surface area contributed by atoms with Crippen molar-refractivity contribution in [1.29, 1.82) is 0 Å². The largest absolute Gasteiger partial charge is 0.398 e. The molecular formula is C12H10ClFN2. The molecule has 4 N–H and O–H groups in total. The predicted molar refractivity (Wildman–Crippen MR) is 65.7 cm³/mol. The highest BCUT2D eigenvalue weighted by Crippen LogP contribution is 2.35. The molecule has 0 aliphatic carbocycles. The van der Waals surface area contributed by atoms with Crippen molar-refractivity contribution in [3.63, 3.8) is 0 Å². The van der Waals surface area contributed by atoms with Crippen molar-refractivity contribution in [2.24, 2.45) is 0 Å². The number of benzene rings is 2. The average Bonchev–Trinajstić information content (AvgIpc) is 2.27. The summed E-state index contributed by atoms with van der Waals surface area (Å²) in [6, 6.07) is 9.92. The van der Waals surface area contributed by atoms with Crippen LogP contribution in [-0.2, 0) is 0 Å². The quantitative estimate of drug-likeness (QED) is 0.747. The molecule has 0 spiro atoms. The molecule has 0 atom stereocenters. The average molecular weight is 237 g/mol. The molecule has 0 aliphatic heterocycles. The van der Waals surface area contributed by atoms with Crippen molar-refractivity contribution in [3.8, 4) is 11.1 Å². The van der Waals surface area contributed by atoms with Crippen LogP contribution in [0.2, 0.25) is 5.02 Å². The van der Waals surface area contributed by atoms with E-state index in [0.29, 0.717) is 16.3 Å². The molecule has 2 aromatic rings. The minimum Gasteiger partial charge on any atom is -0.398 e. The molecule has 0 radical (unpaired) electrons. The first-order valence-corrected chi connectivity index (χ1v) is 5.07. The summed E-state index contributed by atoms with van der Waals surface area (Å²) in [4.78, 5) is 0. The van der Waals surface area contributed by atoms with Gasteiger partial charge in [0.05, 0.1) is 5.69 Å². The highest BCUT2D eigenvalue weighted by atomic mass is 35.5. The number of hydrogen-bond acceptors (Lipinski definition) is 2.